The summed E-state index contributed by atoms with van der Waals surface area (Å²) < 4.78 is 25.7. The molecule has 41 heavy (non-hydrogen) atoms. The van der Waals surface area contributed by atoms with Crippen molar-refractivity contribution in [1.29, 1.82) is 0 Å². The summed E-state index contributed by atoms with van der Waals surface area (Å²) in [6, 6.07) is 12.7. The summed E-state index contributed by atoms with van der Waals surface area (Å²) in [5.74, 6) is 1.27. The number of allylic oxidation sites excluding steroid dienone is 1. The standard InChI is InChI=1S/C30H28BrN3O6S/c1-4-39-29(36)24-17(2)32-30-34(26(24)25-20-8-6-5-7-18(20)9-10-22(25)37-3)27(35)23(41-30)16-19-15-21(31)28(40-19)33-11-13-38-14-12-33/h5-10,15-16,26H,4,11-14H2,1-3H3/b23-16+/t26-/m1/s1. The minimum Gasteiger partial charge on any atom is -0.496 e. The number of esters is 1. The van der Waals surface area contributed by atoms with Crippen LogP contribution < -0.4 is 24.5 Å². The van der Waals surface area contributed by atoms with E-state index in [-0.39, 0.29) is 12.2 Å². The van der Waals surface area contributed by atoms with Gasteiger partial charge in [0.15, 0.2) is 4.80 Å². The summed E-state index contributed by atoms with van der Waals surface area (Å²) in [6.07, 6.45) is 1.72. The van der Waals surface area contributed by atoms with Crippen molar-refractivity contribution < 1.29 is 23.4 Å². The molecular weight excluding hydrogens is 610 g/mol. The van der Waals surface area contributed by atoms with E-state index >= 15 is 0 Å². The molecule has 0 bridgehead atoms. The molecule has 6 rings (SSSR count). The van der Waals surface area contributed by atoms with E-state index in [1.807, 2.05) is 42.5 Å². The predicted molar refractivity (Wildman–Crippen MR) is 160 cm³/mol. The first kappa shape index (κ1) is 27.5. The molecule has 0 saturated carbocycles. The van der Waals surface area contributed by atoms with Crippen molar-refractivity contribution in [2.75, 3.05) is 44.9 Å². The zero-order valence-corrected chi connectivity index (χ0v) is 25.2. The molecule has 2 aliphatic rings. The summed E-state index contributed by atoms with van der Waals surface area (Å²) >= 11 is 4.85. The fourth-order valence-electron chi connectivity index (χ4n) is 5.36. The van der Waals surface area contributed by atoms with Gasteiger partial charge in [-0.05, 0) is 46.6 Å². The Balaban J connectivity index is 1.56. The third-order valence-corrected chi connectivity index (χ3v) is 8.75. The molecule has 0 aliphatic carbocycles. The van der Waals surface area contributed by atoms with Crippen LogP contribution >= 0.6 is 27.3 Å². The van der Waals surface area contributed by atoms with Gasteiger partial charge in [0, 0.05) is 30.8 Å². The number of nitrogens with zero attached hydrogens (tertiary/aromatic N) is 3. The summed E-state index contributed by atoms with van der Waals surface area (Å²) in [5, 5.41) is 1.83. The zero-order chi connectivity index (χ0) is 28.7. The number of morpholine rings is 1. The Labute approximate surface area is 248 Å². The maximum atomic E-state index is 14.1. The normalized spacial score (nSPS) is 17.5. The SMILES string of the molecule is CCOC(=O)C1=C(C)N=c2s/c(=C/c3cc(Br)c(N4CCOCC4)o3)c(=O)n2[C@H]1c1c(OC)ccc2ccccc12. The number of thiazole rings is 1. The molecule has 0 N–H and O–H groups in total. The molecule has 9 nitrogen and oxygen atoms in total. The van der Waals surface area contributed by atoms with Gasteiger partial charge in [0.05, 0.1) is 47.2 Å². The molecule has 1 fully saturated rings. The number of carbonyl (C=O) groups is 1. The smallest absolute Gasteiger partial charge is 0.338 e. The molecule has 1 atom stereocenters. The van der Waals surface area contributed by atoms with Crippen LogP contribution in [0.25, 0.3) is 16.8 Å². The van der Waals surface area contributed by atoms with Gasteiger partial charge in [0.1, 0.15) is 17.6 Å². The number of ether oxygens (including phenoxy) is 3. The minimum atomic E-state index is -0.805. The van der Waals surface area contributed by atoms with Gasteiger partial charge in [0.2, 0.25) is 5.88 Å². The second-order valence-electron chi connectivity index (χ2n) is 9.61. The van der Waals surface area contributed by atoms with Gasteiger partial charge in [-0.25, -0.2) is 9.79 Å². The lowest BCUT2D eigenvalue weighted by molar-refractivity contribution is -0.139. The molecule has 0 unspecified atom stereocenters. The van der Waals surface area contributed by atoms with Crippen LogP contribution in [0.15, 0.2) is 72.4 Å². The number of anilines is 1. The molecule has 2 aromatic heterocycles. The first-order chi connectivity index (χ1) is 19.9. The van der Waals surface area contributed by atoms with E-state index < -0.39 is 12.0 Å². The van der Waals surface area contributed by atoms with E-state index in [0.717, 1.165) is 28.3 Å². The molecular formula is C30H28BrN3O6S. The van der Waals surface area contributed by atoms with Crippen LogP contribution in [0.5, 0.6) is 5.75 Å². The van der Waals surface area contributed by atoms with Crippen LogP contribution in [-0.2, 0) is 14.3 Å². The number of aromatic nitrogens is 1. The lowest BCUT2D eigenvalue weighted by Crippen LogP contribution is -2.40. The highest BCUT2D eigenvalue weighted by atomic mass is 79.9. The molecule has 0 spiro atoms. The summed E-state index contributed by atoms with van der Waals surface area (Å²) in [5.41, 5.74) is 1.21. The molecule has 212 valence electrons. The van der Waals surface area contributed by atoms with Gasteiger partial charge in [-0.3, -0.25) is 9.36 Å². The monoisotopic (exact) mass is 637 g/mol. The maximum absolute atomic E-state index is 14.1. The van der Waals surface area contributed by atoms with Crippen molar-refractivity contribution >= 4 is 56.0 Å². The number of hydrogen-bond donors (Lipinski definition) is 0. The van der Waals surface area contributed by atoms with Crippen LogP contribution in [0.4, 0.5) is 5.88 Å². The van der Waals surface area contributed by atoms with Gasteiger partial charge in [-0.15, -0.1) is 0 Å². The van der Waals surface area contributed by atoms with Crippen molar-refractivity contribution in [3.8, 4) is 5.75 Å². The average molecular weight is 639 g/mol. The molecule has 11 heteroatoms. The Bertz CT molecular complexity index is 1860. The molecule has 2 aromatic carbocycles. The summed E-state index contributed by atoms with van der Waals surface area (Å²) in [6.45, 7) is 6.41. The number of carbonyl (C=O) groups excluding carboxylic acids is 1. The average Bonchev–Trinajstić information content (AvgIpc) is 3.50. The lowest BCUT2D eigenvalue weighted by atomic mass is 9.90. The Kier molecular flexibility index (Phi) is 7.58. The van der Waals surface area contributed by atoms with Gasteiger partial charge in [0.25, 0.3) is 5.56 Å². The zero-order valence-electron chi connectivity index (χ0n) is 22.8. The molecule has 4 heterocycles. The van der Waals surface area contributed by atoms with E-state index in [9.17, 15) is 9.59 Å². The molecule has 0 radical (unpaired) electrons. The van der Waals surface area contributed by atoms with Crippen molar-refractivity contribution in [2.24, 2.45) is 4.99 Å². The highest BCUT2D eigenvalue weighted by Crippen LogP contribution is 2.40. The maximum Gasteiger partial charge on any atom is 0.338 e. The highest BCUT2D eigenvalue weighted by molar-refractivity contribution is 9.10. The van der Waals surface area contributed by atoms with E-state index in [2.05, 4.69) is 20.8 Å². The van der Waals surface area contributed by atoms with E-state index in [1.54, 1.807) is 31.6 Å². The minimum absolute atomic E-state index is 0.193. The van der Waals surface area contributed by atoms with Crippen molar-refractivity contribution in [1.82, 2.24) is 4.57 Å². The van der Waals surface area contributed by atoms with E-state index in [1.165, 1.54) is 11.3 Å². The van der Waals surface area contributed by atoms with E-state index in [0.29, 0.717) is 56.8 Å². The van der Waals surface area contributed by atoms with Crippen molar-refractivity contribution in [2.45, 2.75) is 19.9 Å². The van der Waals surface area contributed by atoms with Crippen LogP contribution in [-0.4, -0.2) is 50.6 Å². The quantitative estimate of drug-likeness (QED) is 0.293. The van der Waals surface area contributed by atoms with Crippen LogP contribution in [0.3, 0.4) is 0 Å². The molecule has 0 amide bonds. The Morgan fingerprint density at radius 2 is 2.00 bits per heavy atom. The number of furan rings is 1. The molecule has 1 saturated heterocycles. The number of hydrogen-bond acceptors (Lipinski definition) is 9. The Morgan fingerprint density at radius 1 is 1.22 bits per heavy atom. The van der Waals surface area contributed by atoms with Gasteiger partial charge in [-0.2, -0.15) is 0 Å². The van der Waals surface area contributed by atoms with E-state index in [4.69, 9.17) is 23.6 Å². The molecule has 4 aromatic rings. The first-order valence-corrected chi connectivity index (χ1v) is 14.9. The second-order valence-corrected chi connectivity index (χ2v) is 11.5. The predicted octanol–water partition coefficient (Wildman–Crippen LogP) is 4.15. The summed E-state index contributed by atoms with van der Waals surface area (Å²) in [7, 11) is 1.58. The first-order valence-electron chi connectivity index (χ1n) is 13.3. The Hall–Kier alpha value is -3.67. The van der Waals surface area contributed by atoms with Gasteiger partial charge in [-0.1, -0.05) is 41.7 Å². The lowest BCUT2D eigenvalue weighted by Gasteiger charge is -2.27. The molecule has 2 aliphatic heterocycles. The van der Waals surface area contributed by atoms with Crippen LogP contribution in [0, 0.1) is 0 Å². The third-order valence-electron chi connectivity index (χ3n) is 7.20. The van der Waals surface area contributed by atoms with Gasteiger partial charge < -0.3 is 23.5 Å². The highest BCUT2D eigenvalue weighted by Gasteiger charge is 2.36. The third kappa shape index (κ3) is 4.92. The van der Waals surface area contributed by atoms with Crippen molar-refractivity contribution in [3.05, 3.63) is 89.2 Å². The second kappa shape index (κ2) is 11.3. The van der Waals surface area contributed by atoms with Crippen LogP contribution in [0.1, 0.15) is 31.2 Å². The Morgan fingerprint density at radius 3 is 2.76 bits per heavy atom. The number of benzene rings is 2. The van der Waals surface area contributed by atoms with Crippen molar-refractivity contribution in [3.63, 3.8) is 0 Å². The number of methoxy groups -OCH3 is 1. The largest absolute Gasteiger partial charge is 0.496 e. The number of fused-ring (bicyclic) bond motifs is 2. The fourth-order valence-corrected chi connectivity index (χ4v) is 6.94. The fraction of sp³-hybridized carbons (Fsp3) is 0.300. The summed E-state index contributed by atoms with van der Waals surface area (Å²) in [4.78, 5) is 34.8. The number of halogens is 1. The van der Waals surface area contributed by atoms with Gasteiger partial charge >= 0.3 is 5.97 Å². The number of rotatable bonds is 6. The topological polar surface area (TPSA) is 95.5 Å². The van der Waals surface area contributed by atoms with Crippen LogP contribution in [0.2, 0.25) is 0 Å².